The van der Waals surface area contributed by atoms with Crippen molar-refractivity contribution in [1.29, 1.82) is 0 Å². The van der Waals surface area contributed by atoms with E-state index in [-0.39, 0.29) is 6.10 Å². The number of aryl methyl sites for hydroxylation is 2. The SMILES string of the molecule is CCc1cc(CC(O)C2CCC(C)CC2)n(C)n1. The Balaban J connectivity index is 1.93. The van der Waals surface area contributed by atoms with Crippen molar-refractivity contribution in [2.75, 3.05) is 0 Å². The Kier molecular flexibility index (Phi) is 4.44. The smallest absolute Gasteiger partial charge is 0.0624 e. The molecule has 1 saturated carbocycles. The van der Waals surface area contributed by atoms with E-state index in [1.165, 1.54) is 25.7 Å². The van der Waals surface area contributed by atoms with Gasteiger partial charge in [0.1, 0.15) is 0 Å². The lowest BCUT2D eigenvalue weighted by molar-refractivity contribution is 0.0746. The first kappa shape index (κ1) is 13.6. The van der Waals surface area contributed by atoms with Crippen LogP contribution in [0.15, 0.2) is 6.07 Å². The predicted molar refractivity (Wildman–Crippen MR) is 73.4 cm³/mol. The van der Waals surface area contributed by atoms with Crippen molar-refractivity contribution in [2.24, 2.45) is 18.9 Å². The van der Waals surface area contributed by atoms with Crippen LogP contribution in [-0.2, 0) is 19.9 Å². The molecule has 3 heteroatoms. The summed E-state index contributed by atoms with van der Waals surface area (Å²) in [7, 11) is 1.98. The molecule has 1 N–H and O–H groups in total. The number of hydrogen-bond acceptors (Lipinski definition) is 2. The van der Waals surface area contributed by atoms with Crippen LogP contribution >= 0.6 is 0 Å². The van der Waals surface area contributed by atoms with Gasteiger partial charge >= 0.3 is 0 Å². The third-order valence-electron chi connectivity index (χ3n) is 4.41. The van der Waals surface area contributed by atoms with Gasteiger partial charge in [0.25, 0.3) is 0 Å². The maximum atomic E-state index is 10.4. The fourth-order valence-corrected chi connectivity index (χ4v) is 2.99. The minimum absolute atomic E-state index is 0.197. The fraction of sp³-hybridized carbons (Fsp3) is 0.800. The molecule has 1 aromatic heterocycles. The number of rotatable bonds is 4. The van der Waals surface area contributed by atoms with Gasteiger partial charge in [0.15, 0.2) is 0 Å². The normalized spacial score (nSPS) is 26.2. The molecule has 0 bridgehead atoms. The van der Waals surface area contributed by atoms with Gasteiger partial charge in [0, 0.05) is 19.2 Å². The summed E-state index contributed by atoms with van der Waals surface area (Å²) < 4.78 is 1.92. The largest absolute Gasteiger partial charge is 0.392 e. The second-order valence-corrected chi connectivity index (χ2v) is 5.90. The Morgan fingerprint density at radius 3 is 2.61 bits per heavy atom. The standard InChI is InChI=1S/C15H26N2O/c1-4-13-9-14(17(3)16-13)10-15(18)12-7-5-11(2)6-8-12/h9,11-12,15,18H,4-8,10H2,1-3H3. The van der Waals surface area contributed by atoms with Crippen LogP contribution in [0, 0.1) is 11.8 Å². The monoisotopic (exact) mass is 250 g/mol. The molecular weight excluding hydrogens is 224 g/mol. The first-order valence-corrected chi connectivity index (χ1v) is 7.30. The van der Waals surface area contributed by atoms with Gasteiger partial charge in [-0.05, 0) is 37.2 Å². The second-order valence-electron chi connectivity index (χ2n) is 5.90. The number of aromatic nitrogens is 2. The highest BCUT2D eigenvalue weighted by Crippen LogP contribution is 2.31. The van der Waals surface area contributed by atoms with Crippen LogP contribution in [0.5, 0.6) is 0 Å². The summed E-state index contributed by atoms with van der Waals surface area (Å²) in [4.78, 5) is 0. The lowest BCUT2D eigenvalue weighted by Gasteiger charge is -2.29. The maximum absolute atomic E-state index is 10.4. The molecule has 1 aliphatic rings. The third kappa shape index (κ3) is 3.14. The molecule has 0 saturated heterocycles. The highest BCUT2D eigenvalue weighted by Gasteiger charge is 2.25. The first-order valence-electron chi connectivity index (χ1n) is 7.30. The summed E-state index contributed by atoms with van der Waals surface area (Å²) >= 11 is 0. The summed E-state index contributed by atoms with van der Waals surface area (Å²) in [5, 5.41) is 14.8. The van der Waals surface area contributed by atoms with Gasteiger partial charge in [-0.2, -0.15) is 5.10 Å². The van der Waals surface area contributed by atoms with Crippen LogP contribution in [0.2, 0.25) is 0 Å². The Morgan fingerprint density at radius 2 is 2.06 bits per heavy atom. The molecule has 0 spiro atoms. The average Bonchev–Trinajstić information content (AvgIpc) is 2.71. The van der Waals surface area contributed by atoms with Crippen molar-refractivity contribution < 1.29 is 5.11 Å². The van der Waals surface area contributed by atoms with E-state index < -0.39 is 0 Å². The molecule has 1 heterocycles. The average molecular weight is 250 g/mol. The van der Waals surface area contributed by atoms with Crippen LogP contribution < -0.4 is 0 Å². The van der Waals surface area contributed by atoms with Crippen molar-refractivity contribution in [3.8, 4) is 0 Å². The highest BCUT2D eigenvalue weighted by atomic mass is 16.3. The Labute approximate surface area is 110 Å². The number of aliphatic hydroxyl groups excluding tert-OH is 1. The van der Waals surface area contributed by atoms with E-state index in [1.807, 2.05) is 11.7 Å². The Hall–Kier alpha value is -0.830. The number of aliphatic hydroxyl groups is 1. The number of nitrogens with zero attached hydrogens (tertiary/aromatic N) is 2. The molecule has 0 aliphatic heterocycles. The minimum Gasteiger partial charge on any atom is -0.392 e. The van der Waals surface area contributed by atoms with Crippen molar-refractivity contribution in [2.45, 2.75) is 58.5 Å². The Bertz CT molecular complexity index is 378. The van der Waals surface area contributed by atoms with Gasteiger partial charge in [-0.3, -0.25) is 4.68 Å². The molecule has 1 aliphatic carbocycles. The van der Waals surface area contributed by atoms with Gasteiger partial charge < -0.3 is 5.11 Å². The Morgan fingerprint density at radius 1 is 1.39 bits per heavy atom. The molecule has 0 aromatic carbocycles. The molecule has 0 amide bonds. The third-order valence-corrected chi connectivity index (χ3v) is 4.41. The zero-order valence-corrected chi connectivity index (χ0v) is 11.9. The minimum atomic E-state index is -0.197. The lowest BCUT2D eigenvalue weighted by Crippen LogP contribution is -2.27. The molecule has 3 nitrogen and oxygen atoms in total. The van der Waals surface area contributed by atoms with Crippen molar-refractivity contribution in [3.05, 3.63) is 17.5 Å². The topological polar surface area (TPSA) is 38.0 Å². The molecular formula is C15H26N2O. The van der Waals surface area contributed by atoms with Crippen molar-refractivity contribution in [3.63, 3.8) is 0 Å². The molecule has 1 atom stereocenters. The maximum Gasteiger partial charge on any atom is 0.0624 e. The van der Waals surface area contributed by atoms with Gasteiger partial charge in [-0.25, -0.2) is 0 Å². The zero-order valence-electron chi connectivity index (χ0n) is 11.9. The zero-order chi connectivity index (χ0) is 13.1. The number of hydrogen-bond donors (Lipinski definition) is 1. The van der Waals surface area contributed by atoms with Gasteiger partial charge in [-0.15, -0.1) is 0 Å². The molecule has 1 aromatic rings. The summed E-state index contributed by atoms with van der Waals surface area (Å²) in [6.45, 7) is 4.43. The van der Waals surface area contributed by atoms with E-state index in [9.17, 15) is 5.11 Å². The molecule has 0 radical (unpaired) electrons. The van der Waals surface area contributed by atoms with E-state index in [2.05, 4.69) is 25.0 Å². The van der Waals surface area contributed by atoms with Gasteiger partial charge in [0.2, 0.25) is 0 Å². The fourth-order valence-electron chi connectivity index (χ4n) is 2.99. The molecule has 102 valence electrons. The van der Waals surface area contributed by atoms with E-state index >= 15 is 0 Å². The molecule has 1 unspecified atom stereocenters. The van der Waals surface area contributed by atoms with Crippen LogP contribution in [0.3, 0.4) is 0 Å². The van der Waals surface area contributed by atoms with Crippen LogP contribution in [0.25, 0.3) is 0 Å². The van der Waals surface area contributed by atoms with Crippen LogP contribution in [0.1, 0.15) is 50.9 Å². The summed E-state index contributed by atoms with van der Waals surface area (Å²) in [6.07, 6.45) is 6.42. The van der Waals surface area contributed by atoms with Crippen LogP contribution in [-0.4, -0.2) is 21.0 Å². The van der Waals surface area contributed by atoms with E-state index in [0.29, 0.717) is 5.92 Å². The molecule has 2 rings (SSSR count). The van der Waals surface area contributed by atoms with E-state index in [1.54, 1.807) is 0 Å². The second kappa shape index (κ2) is 5.87. The summed E-state index contributed by atoms with van der Waals surface area (Å²) in [6, 6.07) is 2.13. The van der Waals surface area contributed by atoms with Gasteiger partial charge in [-0.1, -0.05) is 26.7 Å². The van der Waals surface area contributed by atoms with Gasteiger partial charge in [0.05, 0.1) is 11.8 Å². The van der Waals surface area contributed by atoms with Crippen molar-refractivity contribution in [1.82, 2.24) is 9.78 Å². The van der Waals surface area contributed by atoms with E-state index in [0.717, 1.165) is 30.1 Å². The predicted octanol–water partition coefficient (Wildman–Crippen LogP) is 2.71. The highest BCUT2D eigenvalue weighted by molar-refractivity contribution is 5.11. The quantitative estimate of drug-likeness (QED) is 0.892. The summed E-state index contributed by atoms with van der Waals surface area (Å²) in [5.74, 6) is 1.33. The van der Waals surface area contributed by atoms with Crippen LogP contribution in [0.4, 0.5) is 0 Å². The van der Waals surface area contributed by atoms with E-state index in [4.69, 9.17) is 0 Å². The summed E-state index contributed by atoms with van der Waals surface area (Å²) in [5.41, 5.74) is 2.29. The van der Waals surface area contributed by atoms with Crippen molar-refractivity contribution >= 4 is 0 Å². The first-order chi connectivity index (χ1) is 8.60. The molecule has 1 fully saturated rings. The molecule has 18 heavy (non-hydrogen) atoms. The lowest BCUT2D eigenvalue weighted by atomic mass is 9.79.